The lowest BCUT2D eigenvalue weighted by molar-refractivity contribution is -0.137. The molecule has 0 aliphatic carbocycles. The number of carbonyl (C=O) groups excluding carboxylic acids is 3. The van der Waals surface area contributed by atoms with Gasteiger partial charge in [-0.1, -0.05) is 12.1 Å². The second kappa shape index (κ2) is 9.85. The van der Waals surface area contributed by atoms with Crippen molar-refractivity contribution in [1.29, 1.82) is 0 Å². The Morgan fingerprint density at radius 1 is 0.974 bits per heavy atom. The van der Waals surface area contributed by atoms with Crippen LogP contribution in [0.5, 0.6) is 0 Å². The molecule has 2 amide bonds. The van der Waals surface area contributed by atoms with Gasteiger partial charge in [0.05, 0.1) is 11.3 Å². The lowest BCUT2D eigenvalue weighted by Gasteiger charge is -2.32. The number of hydrogen-bond acceptors (Lipinski definition) is 3. The zero-order valence-corrected chi connectivity index (χ0v) is 20.5. The molecule has 0 atom stereocenters. The van der Waals surface area contributed by atoms with Crippen molar-refractivity contribution in [2.24, 2.45) is 7.05 Å². The van der Waals surface area contributed by atoms with Gasteiger partial charge in [0.25, 0.3) is 17.6 Å². The second-order valence-corrected chi connectivity index (χ2v) is 9.46. The average Bonchev–Trinajstić information content (AvgIpc) is 3.53. The molecule has 1 aliphatic heterocycles. The van der Waals surface area contributed by atoms with Gasteiger partial charge in [0.2, 0.25) is 0 Å². The number of hydrogen-bond donors (Lipinski definition) is 2. The van der Waals surface area contributed by atoms with Crippen LogP contribution < -0.4 is 5.32 Å². The van der Waals surface area contributed by atoms with E-state index in [-0.39, 0.29) is 17.5 Å². The number of nitrogens with one attached hydrogen (secondary N) is 2. The Morgan fingerprint density at radius 2 is 1.68 bits per heavy atom. The minimum absolute atomic E-state index is 0.214. The number of amides is 2. The van der Waals surface area contributed by atoms with E-state index in [1.807, 2.05) is 12.1 Å². The van der Waals surface area contributed by atoms with Crippen molar-refractivity contribution in [3.8, 4) is 0 Å². The topological polar surface area (TPSA) is 87.2 Å². The summed E-state index contributed by atoms with van der Waals surface area (Å²) in [7, 11) is 1.70. The number of carbonyl (C=O) groups is 3. The number of H-pyrrole nitrogens is 1. The first-order valence-corrected chi connectivity index (χ1v) is 12.2. The first-order valence-electron chi connectivity index (χ1n) is 12.2. The fraction of sp³-hybridized carbons (Fsp3) is 0.250. The summed E-state index contributed by atoms with van der Waals surface area (Å²) in [4.78, 5) is 42.3. The van der Waals surface area contributed by atoms with Crippen molar-refractivity contribution < 1.29 is 27.6 Å². The van der Waals surface area contributed by atoms with Crippen LogP contribution in [0, 0.1) is 0 Å². The highest BCUT2D eigenvalue weighted by atomic mass is 19.4. The lowest BCUT2D eigenvalue weighted by Crippen LogP contribution is -2.38. The number of halogens is 3. The predicted molar refractivity (Wildman–Crippen MR) is 136 cm³/mol. The molecule has 0 unspecified atom stereocenters. The monoisotopic (exact) mass is 522 g/mol. The van der Waals surface area contributed by atoms with Crippen molar-refractivity contribution in [2.45, 2.75) is 24.9 Å². The van der Waals surface area contributed by atoms with E-state index >= 15 is 0 Å². The summed E-state index contributed by atoms with van der Waals surface area (Å²) in [5.74, 6) is -1.35. The number of ketones is 1. The fourth-order valence-corrected chi connectivity index (χ4v) is 4.85. The van der Waals surface area contributed by atoms with Crippen LogP contribution in [0.25, 0.3) is 10.9 Å². The Morgan fingerprint density at radius 3 is 2.32 bits per heavy atom. The van der Waals surface area contributed by atoms with Crippen molar-refractivity contribution in [3.05, 3.63) is 89.4 Å². The SMILES string of the molecule is Cn1cccc1C(=O)C(=O)Nc1ccc(C2CCN(C(=O)c3cc4cc(C(F)(F)F)ccc4[nH]3)CC2)cc1. The van der Waals surface area contributed by atoms with Crippen LogP contribution in [0.2, 0.25) is 0 Å². The highest BCUT2D eigenvalue weighted by Crippen LogP contribution is 2.33. The van der Waals surface area contributed by atoms with Crippen LogP contribution in [0.1, 0.15) is 50.9 Å². The fourth-order valence-electron chi connectivity index (χ4n) is 4.85. The maximum Gasteiger partial charge on any atom is 0.416 e. The molecule has 3 heterocycles. The first-order chi connectivity index (χ1) is 18.1. The van der Waals surface area contributed by atoms with E-state index in [1.165, 1.54) is 12.1 Å². The molecule has 10 heteroatoms. The normalized spacial score (nSPS) is 14.6. The molecule has 1 saturated heterocycles. The van der Waals surface area contributed by atoms with Crippen LogP contribution in [0.4, 0.5) is 18.9 Å². The van der Waals surface area contributed by atoms with E-state index in [2.05, 4.69) is 10.3 Å². The quantitative estimate of drug-likeness (QED) is 0.273. The Kier molecular flexibility index (Phi) is 6.56. The number of nitrogens with zero attached hydrogens (tertiary/aromatic N) is 2. The summed E-state index contributed by atoms with van der Waals surface area (Å²) in [5.41, 5.74) is 1.88. The number of Topliss-reactive ketones (excluding diaryl/α,β-unsaturated/α-hetero) is 1. The average molecular weight is 523 g/mol. The third-order valence-corrected chi connectivity index (χ3v) is 6.98. The van der Waals surface area contributed by atoms with Gasteiger partial charge in [-0.3, -0.25) is 14.4 Å². The molecule has 38 heavy (non-hydrogen) atoms. The van der Waals surface area contributed by atoms with Crippen LogP contribution in [-0.4, -0.2) is 45.1 Å². The molecule has 196 valence electrons. The molecule has 2 aromatic heterocycles. The van der Waals surface area contributed by atoms with Crippen LogP contribution in [0.3, 0.4) is 0 Å². The van der Waals surface area contributed by atoms with Gasteiger partial charge in [-0.25, -0.2) is 0 Å². The number of benzene rings is 2. The summed E-state index contributed by atoms with van der Waals surface area (Å²) >= 11 is 0. The smallest absolute Gasteiger partial charge is 0.351 e. The molecule has 0 spiro atoms. The summed E-state index contributed by atoms with van der Waals surface area (Å²) in [6.45, 7) is 1.02. The van der Waals surface area contributed by atoms with E-state index < -0.39 is 23.4 Å². The third-order valence-electron chi connectivity index (χ3n) is 6.98. The lowest BCUT2D eigenvalue weighted by atomic mass is 9.89. The van der Waals surface area contributed by atoms with Gasteiger partial charge in [0.1, 0.15) is 5.69 Å². The van der Waals surface area contributed by atoms with Crippen molar-refractivity contribution in [3.63, 3.8) is 0 Å². The highest BCUT2D eigenvalue weighted by Gasteiger charge is 2.31. The molecular formula is C28H25F3N4O3. The van der Waals surface area contributed by atoms with Gasteiger partial charge < -0.3 is 19.8 Å². The zero-order valence-electron chi connectivity index (χ0n) is 20.5. The highest BCUT2D eigenvalue weighted by molar-refractivity contribution is 6.46. The molecule has 2 N–H and O–H groups in total. The maximum absolute atomic E-state index is 13.0. The maximum atomic E-state index is 13.0. The van der Waals surface area contributed by atoms with Gasteiger partial charge in [0.15, 0.2) is 0 Å². The summed E-state index contributed by atoms with van der Waals surface area (Å²) < 4.78 is 40.6. The standard InChI is InChI=1S/C28H25F3N4O3/c1-34-12-2-3-24(34)25(36)26(37)32-21-7-4-17(5-8-21)18-10-13-35(14-11-18)27(38)23-16-19-15-20(28(29,30)31)6-9-22(19)33-23/h2-9,12,15-16,18,33H,10-11,13-14H2,1H3,(H,32,37). The number of anilines is 1. The Labute approximate surface area is 216 Å². The number of alkyl halides is 3. The van der Waals surface area contributed by atoms with E-state index in [9.17, 15) is 27.6 Å². The van der Waals surface area contributed by atoms with Crippen molar-refractivity contribution >= 4 is 34.2 Å². The molecule has 0 radical (unpaired) electrons. The Hall–Kier alpha value is -4.34. The minimum atomic E-state index is -4.44. The number of aromatic amines is 1. The number of piperidine rings is 1. The molecule has 1 fully saturated rings. The van der Waals surface area contributed by atoms with Crippen LogP contribution >= 0.6 is 0 Å². The Balaban J connectivity index is 1.18. The number of aromatic nitrogens is 2. The largest absolute Gasteiger partial charge is 0.416 e. The van der Waals surface area contributed by atoms with E-state index in [0.717, 1.165) is 30.5 Å². The molecule has 0 saturated carbocycles. The van der Waals surface area contributed by atoms with Gasteiger partial charge in [0, 0.05) is 42.9 Å². The van der Waals surface area contributed by atoms with Crippen LogP contribution in [-0.2, 0) is 18.0 Å². The van der Waals surface area contributed by atoms with Gasteiger partial charge in [-0.2, -0.15) is 13.2 Å². The molecule has 5 rings (SSSR count). The van der Waals surface area contributed by atoms with Crippen molar-refractivity contribution in [1.82, 2.24) is 14.5 Å². The number of fused-ring (bicyclic) bond motifs is 1. The van der Waals surface area contributed by atoms with E-state index in [0.29, 0.717) is 35.4 Å². The predicted octanol–water partition coefficient (Wildman–Crippen LogP) is 5.37. The number of aryl methyl sites for hydroxylation is 1. The number of likely N-dealkylation sites (tertiary alicyclic amines) is 1. The molecule has 7 nitrogen and oxygen atoms in total. The van der Waals surface area contributed by atoms with Gasteiger partial charge >= 0.3 is 6.18 Å². The summed E-state index contributed by atoms with van der Waals surface area (Å²) in [5, 5.41) is 2.97. The molecular weight excluding hydrogens is 497 g/mol. The number of rotatable bonds is 5. The minimum Gasteiger partial charge on any atom is -0.351 e. The third kappa shape index (κ3) is 5.06. The van der Waals surface area contributed by atoms with Gasteiger partial charge in [-0.05, 0) is 72.9 Å². The molecule has 1 aliphatic rings. The molecule has 2 aromatic carbocycles. The molecule has 0 bridgehead atoms. The molecule has 4 aromatic rings. The summed E-state index contributed by atoms with van der Waals surface area (Å²) in [6, 6.07) is 15.4. The van der Waals surface area contributed by atoms with E-state index in [4.69, 9.17) is 0 Å². The first kappa shape index (κ1) is 25.3. The van der Waals surface area contributed by atoms with Gasteiger partial charge in [-0.15, -0.1) is 0 Å². The van der Waals surface area contributed by atoms with Crippen LogP contribution in [0.15, 0.2) is 66.9 Å². The second-order valence-electron chi connectivity index (χ2n) is 9.46. The Bertz CT molecular complexity index is 1510. The summed E-state index contributed by atoms with van der Waals surface area (Å²) in [6.07, 6.45) is -1.30. The van der Waals surface area contributed by atoms with Crippen molar-refractivity contribution in [2.75, 3.05) is 18.4 Å². The zero-order chi connectivity index (χ0) is 27.0. The van der Waals surface area contributed by atoms with E-state index in [1.54, 1.807) is 47.0 Å².